The molecular formula is C12H14BrNO2S. The van der Waals surface area contributed by atoms with Crippen molar-refractivity contribution < 1.29 is 9.53 Å². The van der Waals surface area contributed by atoms with E-state index in [9.17, 15) is 4.79 Å². The summed E-state index contributed by atoms with van der Waals surface area (Å²) in [4.78, 5) is 12.8. The number of halogens is 1. The predicted octanol–water partition coefficient (Wildman–Crippen LogP) is 2.81. The van der Waals surface area contributed by atoms with Crippen LogP contribution in [-0.4, -0.2) is 25.2 Å². The average molecular weight is 316 g/mol. The molecule has 1 unspecified atom stereocenters. The van der Waals surface area contributed by atoms with Crippen LogP contribution in [0.2, 0.25) is 0 Å². The molecule has 1 aliphatic carbocycles. The van der Waals surface area contributed by atoms with Crippen molar-refractivity contribution in [2.45, 2.75) is 25.3 Å². The molecule has 0 aromatic carbocycles. The fourth-order valence-corrected chi connectivity index (χ4v) is 3.87. The van der Waals surface area contributed by atoms with E-state index in [4.69, 9.17) is 4.74 Å². The van der Waals surface area contributed by atoms with Crippen LogP contribution in [-0.2, 0) is 4.74 Å². The van der Waals surface area contributed by atoms with Crippen molar-refractivity contribution in [1.82, 2.24) is 5.32 Å². The molecule has 2 heterocycles. The van der Waals surface area contributed by atoms with Crippen LogP contribution in [0.5, 0.6) is 0 Å². The molecule has 1 atom stereocenters. The first-order chi connectivity index (χ1) is 8.20. The van der Waals surface area contributed by atoms with Crippen LogP contribution in [0.15, 0.2) is 15.9 Å². The minimum atomic E-state index is 0.0640. The second-order valence-corrected chi connectivity index (χ2v) is 6.66. The zero-order valence-corrected chi connectivity index (χ0v) is 11.8. The quantitative estimate of drug-likeness (QED) is 0.911. The van der Waals surface area contributed by atoms with E-state index in [1.54, 1.807) is 0 Å². The molecule has 2 fully saturated rings. The van der Waals surface area contributed by atoms with Crippen molar-refractivity contribution in [2.24, 2.45) is 5.41 Å². The van der Waals surface area contributed by atoms with Gasteiger partial charge in [-0.3, -0.25) is 4.79 Å². The third-order valence-corrected chi connectivity index (χ3v) is 5.46. The largest absolute Gasteiger partial charge is 0.381 e. The van der Waals surface area contributed by atoms with E-state index in [2.05, 4.69) is 21.2 Å². The summed E-state index contributed by atoms with van der Waals surface area (Å²) in [5.74, 6) is 0.0640. The first-order valence-corrected chi connectivity index (χ1v) is 7.50. The van der Waals surface area contributed by atoms with Crippen LogP contribution in [0, 0.1) is 5.41 Å². The van der Waals surface area contributed by atoms with Gasteiger partial charge in [-0.2, -0.15) is 0 Å². The molecule has 5 heteroatoms. The Kier molecular flexibility index (Phi) is 3.00. The molecule has 3 nitrogen and oxygen atoms in total. The summed E-state index contributed by atoms with van der Waals surface area (Å²) in [5, 5.41) is 5.08. The van der Waals surface area contributed by atoms with Gasteiger partial charge in [0.15, 0.2) is 0 Å². The molecule has 2 aliphatic rings. The Morgan fingerprint density at radius 1 is 1.53 bits per heavy atom. The van der Waals surface area contributed by atoms with Crippen LogP contribution in [0.1, 0.15) is 28.9 Å². The number of hydrogen-bond acceptors (Lipinski definition) is 3. The Balaban J connectivity index is 1.60. The number of ether oxygens (including phenoxy) is 1. The number of carbonyl (C=O) groups excluding carboxylic acids is 1. The smallest absolute Gasteiger partial charge is 0.261 e. The normalized spacial score (nSPS) is 25.8. The average Bonchev–Trinajstić information content (AvgIpc) is 2.77. The Morgan fingerprint density at radius 2 is 2.29 bits per heavy atom. The van der Waals surface area contributed by atoms with Gasteiger partial charge in [-0.1, -0.05) is 0 Å². The van der Waals surface area contributed by atoms with E-state index in [1.807, 2.05) is 11.4 Å². The van der Waals surface area contributed by atoms with Gasteiger partial charge in [0.05, 0.1) is 4.88 Å². The van der Waals surface area contributed by atoms with Crippen molar-refractivity contribution in [1.29, 1.82) is 0 Å². The van der Waals surface area contributed by atoms with Crippen molar-refractivity contribution >= 4 is 33.2 Å². The summed E-state index contributed by atoms with van der Waals surface area (Å²) < 4.78 is 6.35. The van der Waals surface area contributed by atoms with Gasteiger partial charge >= 0.3 is 0 Å². The molecule has 1 amide bonds. The Bertz CT molecular complexity index is 439. The van der Waals surface area contributed by atoms with E-state index in [1.165, 1.54) is 11.3 Å². The second kappa shape index (κ2) is 4.37. The molecule has 1 aliphatic heterocycles. The van der Waals surface area contributed by atoms with Gasteiger partial charge < -0.3 is 10.1 Å². The van der Waals surface area contributed by atoms with Crippen LogP contribution >= 0.6 is 27.3 Å². The molecule has 1 spiro atoms. The monoisotopic (exact) mass is 315 g/mol. The number of carbonyl (C=O) groups is 1. The summed E-state index contributed by atoms with van der Waals surface area (Å²) in [6.45, 7) is 1.69. The molecule has 0 radical (unpaired) electrons. The number of nitrogens with one attached hydrogen (secondary N) is 1. The topological polar surface area (TPSA) is 38.3 Å². The number of rotatable bonds is 2. The first kappa shape index (κ1) is 11.7. The van der Waals surface area contributed by atoms with Crippen LogP contribution in [0.25, 0.3) is 0 Å². The molecule has 1 N–H and O–H groups in total. The highest BCUT2D eigenvalue weighted by molar-refractivity contribution is 9.10. The van der Waals surface area contributed by atoms with Crippen molar-refractivity contribution in [3.05, 3.63) is 20.8 Å². The second-order valence-electron chi connectivity index (χ2n) is 4.83. The van der Waals surface area contributed by atoms with E-state index >= 15 is 0 Å². The molecule has 1 aromatic rings. The molecular weight excluding hydrogens is 302 g/mol. The standard InChI is InChI=1S/C12H14BrNO2S/c13-8-5-9(17-7-8)11(15)14-10-6-12(10)1-3-16-4-2-12/h5,7,10H,1-4,6H2,(H,14,15). The van der Waals surface area contributed by atoms with Gasteiger partial charge in [0.25, 0.3) is 5.91 Å². The minimum Gasteiger partial charge on any atom is -0.381 e. The SMILES string of the molecule is O=C(NC1CC12CCOCC2)c1cc(Br)cs1. The molecule has 92 valence electrons. The third kappa shape index (κ3) is 2.28. The lowest BCUT2D eigenvalue weighted by atomic mass is 9.96. The van der Waals surface area contributed by atoms with Crippen molar-refractivity contribution in [3.63, 3.8) is 0 Å². The lowest BCUT2D eigenvalue weighted by Gasteiger charge is -2.22. The zero-order valence-electron chi connectivity index (χ0n) is 9.37. The number of amides is 1. The molecule has 1 saturated carbocycles. The Labute approximate surface area is 113 Å². The van der Waals surface area contributed by atoms with Gasteiger partial charge in [-0.15, -0.1) is 11.3 Å². The van der Waals surface area contributed by atoms with E-state index in [-0.39, 0.29) is 5.91 Å². The van der Waals surface area contributed by atoms with Crippen molar-refractivity contribution in [3.8, 4) is 0 Å². The first-order valence-electron chi connectivity index (χ1n) is 5.82. The highest BCUT2D eigenvalue weighted by Crippen LogP contribution is 2.53. The van der Waals surface area contributed by atoms with Crippen LogP contribution in [0.3, 0.4) is 0 Å². The summed E-state index contributed by atoms with van der Waals surface area (Å²) in [6, 6.07) is 2.23. The summed E-state index contributed by atoms with van der Waals surface area (Å²) in [7, 11) is 0. The Morgan fingerprint density at radius 3 is 2.94 bits per heavy atom. The van der Waals surface area contributed by atoms with Gasteiger partial charge in [-0.25, -0.2) is 0 Å². The van der Waals surface area contributed by atoms with Gasteiger partial charge in [0, 0.05) is 29.1 Å². The lowest BCUT2D eigenvalue weighted by Crippen LogP contribution is -2.31. The zero-order chi connectivity index (χ0) is 11.9. The fraction of sp³-hybridized carbons (Fsp3) is 0.583. The fourth-order valence-electron chi connectivity index (χ4n) is 2.54. The number of thiophene rings is 1. The number of hydrogen-bond donors (Lipinski definition) is 1. The molecule has 0 bridgehead atoms. The van der Waals surface area contributed by atoms with Crippen LogP contribution in [0.4, 0.5) is 0 Å². The molecule has 17 heavy (non-hydrogen) atoms. The van der Waals surface area contributed by atoms with Gasteiger partial charge in [-0.05, 0) is 46.7 Å². The maximum atomic E-state index is 12.0. The highest BCUT2D eigenvalue weighted by Gasteiger charge is 2.55. The highest BCUT2D eigenvalue weighted by atomic mass is 79.9. The van der Waals surface area contributed by atoms with Gasteiger partial charge in [0.1, 0.15) is 0 Å². The predicted molar refractivity (Wildman–Crippen MR) is 70.4 cm³/mol. The van der Waals surface area contributed by atoms with E-state index < -0.39 is 0 Å². The summed E-state index contributed by atoms with van der Waals surface area (Å²) >= 11 is 4.85. The summed E-state index contributed by atoms with van der Waals surface area (Å²) in [6.07, 6.45) is 3.30. The lowest BCUT2D eigenvalue weighted by molar-refractivity contribution is 0.0535. The summed E-state index contributed by atoms with van der Waals surface area (Å²) in [5.41, 5.74) is 0.350. The van der Waals surface area contributed by atoms with E-state index in [0.29, 0.717) is 11.5 Å². The third-order valence-electron chi connectivity index (χ3n) is 3.77. The van der Waals surface area contributed by atoms with Crippen molar-refractivity contribution in [2.75, 3.05) is 13.2 Å². The molecule has 1 saturated heterocycles. The van der Waals surface area contributed by atoms with Gasteiger partial charge in [0.2, 0.25) is 0 Å². The maximum absolute atomic E-state index is 12.0. The minimum absolute atomic E-state index is 0.0640. The Hall–Kier alpha value is -0.390. The molecule has 3 rings (SSSR count). The van der Waals surface area contributed by atoms with E-state index in [0.717, 1.165) is 41.8 Å². The maximum Gasteiger partial charge on any atom is 0.261 e. The molecule has 1 aromatic heterocycles. The van der Waals surface area contributed by atoms with Crippen LogP contribution < -0.4 is 5.32 Å².